The summed E-state index contributed by atoms with van der Waals surface area (Å²) in [6.45, 7) is 4.10. The molecule has 0 bridgehead atoms. The molecular weight excluding hydrogens is 427 g/mol. The minimum Gasteiger partial charge on any atom is -0.360 e. The maximum atomic E-state index is 13.7. The van der Waals surface area contributed by atoms with Gasteiger partial charge in [0.1, 0.15) is 0 Å². The van der Waals surface area contributed by atoms with Crippen molar-refractivity contribution in [2.75, 3.05) is 0 Å². The maximum absolute atomic E-state index is 13.7. The average Bonchev–Trinajstić information content (AvgIpc) is 3.20. The molecule has 4 aromatic rings. The summed E-state index contributed by atoms with van der Waals surface area (Å²) in [7, 11) is 0. The highest BCUT2D eigenvalue weighted by Crippen LogP contribution is 2.28. The number of aromatic amines is 1. The van der Waals surface area contributed by atoms with Gasteiger partial charge in [-0.1, -0.05) is 77.8 Å². The van der Waals surface area contributed by atoms with Crippen LogP contribution in [0, 0.1) is 6.92 Å². The summed E-state index contributed by atoms with van der Waals surface area (Å²) in [6.07, 6.45) is 2.50. The number of hydrogen-bond donors (Lipinski definition) is 2. The monoisotopic (exact) mass is 450 g/mol. The molecule has 4 rings (SSSR count). The summed E-state index contributed by atoms with van der Waals surface area (Å²) in [5.41, 5.74) is 4.73. The number of carbonyl (C=O) groups is 1. The van der Waals surface area contributed by atoms with Crippen LogP contribution in [-0.4, -0.2) is 16.8 Å². The molecule has 1 heterocycles. The predicted molar refractivity (Wildman–Crippen MR) is 129 cm³/mol. The Balaban J connectivity index is 1.64. The number of nitrogens with one attached hydrogen (secondary N) is 2. The van der Waals surface area contributed by atoms with E-state index in [4.69, 9.17) is 23.2 Å². The summed E-state index contributed by atoms with van der Waals surface area (Å²) in [5.74, 6) is 0.0390. The van der Waals surface area contributed by atoms with Crippen LogP contribution in [-0.2, 0) is 6.42 Å². The Morgan fingerprint density at radius 2 is 1.81 bits per heavy atom. The third kappa shape index (κ3) is 4.69. The van der Waals surface area contributed by atoms with Gasteiger partial charge in [0.2, 0.25) is 0 Å². The van der Waals surface area contributed by atoms with Gasteiger partial charge in [0.25, 0.3) is 0 Å². The van der Waals surface area contributed by atoms with Crippen molar-refractivity contribution in [3.8, 4) is 0 Å². The van der Waals surface area contributed by atoms with Crippen LogP contribution in [0.25, 0.3) is 10.9 Å². The molecule has 0 fully saturated rings. The molecular formula is C26H24Cl2N2O. The van der Waals surface area contributed by atoms with Crippen LogP contribution in [0.15, 0.2) is 72.9 Å². The molecule has 0 saturated heterocycles. The fraction of sp³-hybridized carbons (Fsp3) is 0.192. The van der Waals surface area contributed by atoms with Crippen molar-refractivity contribution in [3.63, 3.8) is 0 Å². The summed E-state index contributed by atoms with van der Waals surface area (Å²) in [5, 5.41) is 5.73. The number of ketones is 1. The Morgan fingerprint density at radius 1 is 1.03 bits per heavy atom. The number of aromatic nitrogens is 1. The molecule has 0 radical (unpaired) electrons. The van der Waals surface area contributed by atoms with Gasteiger partial charge in [0.15, 0.2) is 5.78 Å². The lowest BCUT2D eigenvalue weighted by Gasteiger charge is -2.23. The first-order valence-electron chi connectivity index (χ1n) is 10.3. The number of para-hydroxylation sites is 1. The van der Waals surface area contributed by atoms with Crippen molar-refractivity contribution in [2.45, 2.75) is 32.4 Å². The first-order valence-corrected chi connectivity index (χ1v) is 11.1. The topological polar surface area (TPSA) is 44.9 Å². The Labute approximate surface area is 192 Å². The van der Waals surface area contributed by atoms with E-state index in [-0.39, 0.29) is 11.8 Å². The third-order valence-corrected chi connectivity index (χ3v) is 6.16. The molecule has 2 N–H and O–H groups in total. The number of Topliss-reactive ketones (excluding diaryl/α,β-unsaturated/α-hetero) is 1. The van der Waals surface area contributed by atoms with Gasteiger partial charge in [-0.25, -0.2) is 0 Å². The van der Waals surface area contributed by atoms with Gasteiger partial charge < -0.3 is 10.3 Å². The molecule has 0 aliphatic heterocycles. The second kappa shape index (κ2) is 9.27. The summed E-state index contributed by atoms with van der Waals surface area (Å²) >= 11 is 12.4. The molecule has 158 valence electrons. The fourth-order valence-corrected chi connectivity index (χ4v) is 4.48. The van der Waals surface area contributed by atoms with Crippen molar-refractivity contribution in [1.82, 2.24) is 10.3 Å². The average molecular weight is 451 g/mol. The molecule has 0 aliphatic rings. The van der Waals surface area contributed by atoms with Gasteiger partial charge in [0, 0.05) is 38.8 Å². The van der Waals surface area contributed by atoms with Crippen molar-refractivity contribution in [1.29, 1.82) is 0 Å². The zero-order valence-corrected chi connectivity index (χ0v) is 19.0. The number of hydrogen-bond acceptors (Lipinski definition) is 2. The number of rotatable bonds is 7. The molecule has 3 nitrogen and oxygen atoms in total. The highest BCUT2D eigenvalue weighted by molar-refractivity contribution is 6.35. The minimum absolute atomic E-state index is 0.0137. The fourth-order valence-electron chi connectivity index (χ4n) is 3.99. The molecule has 0 amide bonds. The number of benzene rings is 3. The van der Waals surface area contributed by atoms with Crippen molar-refractivity contribution >= 4 is 39.9 Å². The van der Waals surface area contributed by atoms with E-state index in [1.54, 1.807) is 6.07 Å². The van der Waals surface area contributed by atoms with Crippen LogP contribution in [0.1, 0.15) is 40.0 Å². The van der Waals surface area contributed by atoms with Crippen LogP contribution >= 0.6 is 23.2 Å². The number of fused-ring (bicyclic) bond motifs is 1. The predicted octanol–water partition coefficient (Wildman–Crippen LogP) is 6.93. The molecule has 1 aromatic heterocycles. The molecule has 31 heavy (non-hydrogen) atoms. The van der Waals surface area contributed by atoms with Crippen LogP contribution in [0.2, 0.25) is 10.0 Å². The number of aryl methyl sites for hydroxylation is 1. The molecule has 0 spiro atoms. The van der Waals surface area contributed by atoms with Gasteiger partial charge in [-0.3, -0.25) is 4.79 Å². The molecule has 0 saturated carbocycles. The van der Waals surface area contributed by atoms with Crippen molar-refractivity contribution in [3.05, 3.63) is 105 Å². The van der Waals surface area contributed by atoms with Gasteiger partial charge in [0.05, 0.1) is 6.04 Å². The van der Waals surface area contributed by atoms with Crippen molar-refractivity contribution < 1.29 is 4.79 Å². The first kappa shape index (κ1) is 21.6. The highest BCUT2D eigenvalue weighted by atomic mass is 35.5. The maximum Gasteiger partial charge on any atom is 0.186 e. The van der Waals surface area contributed by atoms with E-state index in [0.717, 1.165) is 27.6 Å². The van der Waals surface area contributed by atoms with E-state index < -0.39 is 6.04 Å². The Kier molecular flexibility index (Phi) is 6.47. The summed E-state index contributed by atoms with van der Waals surface area (Å²) in [4.78, 5) is 17.0. The molecule has 3 aromatic carbocycles. The lowest BCUT2D eigenvalue weighted by Crippen LogP contribution is -2.36. The van der Waals surface area contributed by atoms with Crippen LogP contribution < -0.4 is 5.32 Å². The molecule has 0 unspecified atom stereocenters. The van der Waals surface area contributed by atoms with Crippen molar-refractivity contribution in [2.24, 2.45) is 0 Å². The standard InChI is InChI=1S/C26H24Cl2N2O/c1-16-7-6-10-21-22(15-29-24(16)21)26(31)25(18-8-4-3-5-9-18)30-17(2)13-19-11-12-20(27)14-23(19)28/h3-12,14-15,17,25,29-30H,13H2,1-2H3/t17-,25-/m0/s1. The second-order valence-corrected chi connectivity index (χ2v) is 8.76. The molecule has 0 aliphatic carbocycles. The Hall–Kier alpha value is -2.59. The van der Waals surface area contributed by atoms with Crippen LogP contribution in [0.4, 0.5) is 0 Å². The van der Waals surface area contributed by atoms with Crippen LogP contribution in [0.5, 0.6) is 0 Å². The molecule has 2 atom stereocenters. The largest absolute Gasteiger partial charge is 0.360 e. The van der Waals surface area contributed by atoms with E-state index in [1.807, 2.05) is 73.8 Å². The van der Waals surface area contributed by atoms with E-state index >= 15 is 0 Å². The van der Waals surface area contributed by atoms with E-state index in [2.05, 4.69) is 17.2 Å². The molecule has 5 heteroatoms. The van der Waals surface area contributed by atoms with E-state index in [9.17, 15) is 4.79 Å². The number of halogens is 2. The Bertz CT molecular complexity index is 1220. The quantitative estimate of drug-likeness (QED) is 0.299. The van der Waals surface area contributed by atoms with Crippen LogP contribution in [0.3, 0.4) is 0 Å². The van der Waals surface area contributed by atoms with Gasteiger partial charge in [-0.15, -0.1) is 0 Å². The van der Waals surface area contributed by atoms with E-state index in [1.165, 1.54) is 0 Å². The lowest BCUT2D eigenvalue weighted by atomic mass is 9.95. The first-order chi connectivity index (χ1) is 14.9. The number of H-pyrrole nitrogens is 1. The SMILES string of the molecule is Cc1cccc2c(C(=O)[C@@H](N[C@@H](C)Cc3ccc(Cl)cc3Cl)c3ccccc3)c[nH]c12. The second-order valence-electron chi connectivity index (χ2n) is 7.92. The normalized spacial score (nSPS) is 13.3. The lowest BCUT2D eigenvalue weighted by molar-refractivity contribution is 0.0938. The summed E-state index contributed by atoms with van der Waals surface area (Å²) < 4.78 is 0. The summed E-state index contributed by atoms with van der Waals surface area (Å²) in [6, 6.07) is 20.9. The Morgan fingerprint density at radius 3 is 2.55 bits per heavy atom. The number of carbonyl (C=O) groups excluding carboxylic acids is 1. The smallest absolute Gasteiger partial charge is 0.186 e. The zero-order chi connectivity index (χ0) is 22.0. The van der Waals surface area contributed by atoms with E-state index in [0.29, 0.717) is 22.0 Å². The zero-order valence-electron chi connectivity index (χ0n) is 17.5. The van der Waals surface area contributed by atoms with Gasteiger partial charge in [-0.2, -0.15) is 0 Å². The van der Waals surface area contributed by atoms with Gasteiger partial charge >= 0.3 is 0 Å². The third-order valence-electron chi connectivity index (χ3n) is 5.58. The minimum atomic E-state index is -0.471. The van der Waals surface area contributed by atoms with Gasteiger partial charge in [-0.05, 0) is 49.1 Å². The highest BCUT2D eigenvalue weighted by Gasteiger charge is 2.26.